The smallest absolute Gasteiger partial charge is 0.229 e. The average Bonchev–Trinajstić information content (AvgIpc) is 3.58. The van der Waals surface area contributed by atoms with Crippen LogP contribution in [0.2, 0.25) is 0 Å². The zero-order valence-electron chi connectivity index (χ0n) is 30.5. The van der Waals surface area contributed by atoms with Crippen LogP contribution in [0.5, 0.6) is 5.75 Å². The first-order valence-electron chi connectivity index (χ1n) is 17.9. The molecule has 0 aliphatic heterocycles. The van der Waals surface area contributed by atoms with Crippen molar-refractivity contribution < 1.29 is 9.52 Å². The second-order valence-corrected chi connectivity index (χ2v) is 15.7. The fraction of sp³-hybridized carbons (Fsp3) is 0.167. The van der Waals surface area contributed by atoms with E-state index >= 15 is 0 Å². The molecule has 0 saturated heterocycles. The third-order valence-corrected chi connectivity index (χ3v) is 9.98. The largest absolute Gasteiger partial charge is 0.507 e. The van der Waals surface area contributed by atoms with E-state index in [1.807, 2.05) is 42.5 Å². The molecule has 1 N–H and O–H groups in total. The molecule has 1 aromatic heterocycles. The highest BCUT2D eigenvalue weighted by molar-refractivity contribution is 6.13. The Kier molecular flexibility index (Phi) is 8.06. The minimum Gasteiger partial charge on any atom is -0.507 e. The Morgan fingerprint density at radius 1 is 0.596 bits per heavy atom. The van der Waals surface area contributed by atoms with Gasteiger partial charge in [0.05, 0.1) is 11.3 Å². The molecule has 0 spiro atoms. The fourth-order valence-electron chi connectivity index (χ4n) is 7.09. The summed E-state index contributed by atoms with van der Waals surface area (Å²) in [7, 11) is 0. The van der Waals surface area contributed by atoms with Crippen LogP contribution in [0.4, 0.5) is 5.69 Å². The summed E-state index contributed by atoms with van der Waals surface area (Å²) in [5.41, 5.74) is 9.86. The topological polar surface area (TPSA) is 58.6 Å². The molecule has 8 rings (SSSR count). The molecule has 0 saturated carbocycles. The van der Waals surface area contributed by atoms with Crippen LogP contribution in [0.1, 0.15) is 58.2 Å². The first-order chi connectivity index (χ1) is 25.0. The Hall–Kier alpha value is -6.00. The highest BCUT2D eigenvalue weighted by Crippen LogP contribution is 2.40. The maximum atomic E-state index is 11.4. The van der Waals surface area contributed by atoms with E-state index in [1.165, 1.54) is 32.7 Å². The Balaban J connectivity index is 1.16. The van der Waals surface area contributed by atoms with Crippen LogP contribution in [0, 0.1) is 0 Å². The van der Waals surface area contributed by atoms with E-state index < -0.39 is 0 Å². The van der Waals surface area contributed by atoms with Crippen LogP contribution >= 0.6 is 0 Å². The molecule has 0 fully saturated rings. The van der Waals surface area contributed by atoms with E-state index in [1.54, 1.807) is 6.21 Å². The third kappa shape index (κ3) is 6.05. The van der Waals surface area contributed by atoms with Crippen molar-refractivity contribution in [1.82, 2.24) is 4.98 Å². The van der Waals surface area contributed by atoms with Crippen molar-refractivity contribution in [3.8, 4) is 39.5 Å². The number of aromatic hydroxyl groups is 1. The molecule has 0 bridgehead atoms. The first kappa shape index (κ1) is 33.2. The average molecular weight is 679 g/mol. The predicted octanol–water partition coefficient (Wildman–Crippen LogP) is 13.2. The van der Waals surface area contributed by atoms with Gasteiger partial charge >= 0.3 is 0 Å². The molecule has 52 heavy (non-hydrogen) atoms. The molecule has 0 aliphatic carbocycles. The number of benzene rings is 7. The van der Waals surface area contributed by atoms with E-state index in [9.17, 15) is 5.11 Å². The second-order valence-electron chi connectivity index (χ2n) is 15.7. The summed E-state index contributed by atoms with van der Waals surface area (Å²) in [5.74, 6) is 0.755. The lowest BCUT2D eigenvalue weighted by Crippen LogP contribution is -2.17. The number of aliphatic imine (C=N–C) groups is 1. The zero-order chi connectivity index (χ0) is 36.2. The maximum absolute atomic E-state index is 11.4. The first-order valence-corrected chi connectivity index (χ1v) is 17.9. The van der Waals surface area contributed by atoms with Gasteiger partial charge in [0.1, 0.15) is 11.3 Å². The zero-order valence-corrected chi connectivity index (χ0v) is 30.5. The molecule has 1 heterocycles. The number of nitrogens with zero attached hydrogens (tertiary/aromatic N) is 2. The molecular formula is C48H42N2O2. The van der Waals surface area contributed by atoms with E-state index in [4.69, 9.17) is 14.4 Å². The number of rotatable bonds is 5. The van der Waals surface area contributed by atoms with Gasteiger partial charge in [-0.05, 0) is 85.0 Å². The van der Waals surface area contributed by atoms with Crippen LogP contribution in [-0.4, -0.2) is 16.3 Å². The van der Waals surface area contributed by atoms with Gasteiger partial charge in [-0.2, -0.15) is 0 Å². The van der Waals surface area contributed by atoms with E-state index in [0.29, 0.717) is 22.7 Å². The lowest BCUT2D eigenvalue weighted by Gasteiger charge is -2.27. The van der Waals surface area contributed by atoms with Crippen LogP contribution in [0.3, 0.4) is 0 Å². The number of hydrogen-bond acceptors (Lipinski definition) is 4. The van der Waals surface area contributed by atoms with Crippen molar-refractivity contribution in [2.75, 3.05) is 0 Å². The maximum Gasteiger partial charge on any atom is 0.229 e. The molecule has 4 heteroatoms. The Bertz CT molecular complexity index is 2650. The van der Waals surface area contributed by atoms with Crippen LogP contribution < -0.4 is 0 Å². The second kappa shape index (κ2) is 12.6. The van der Waals surface area contributed by atoms with Crippen molar-refractivity contribution >= 4 is 44.5 Å². The molecule has 0 atom stereocenters. The number of para-hydroxylation sites is 2. The minimum atomic E-state index is -0.229. The molecular weight excluding hydrogens is 637 g/mol. The summed E-state index contributed by atoms with van der Waals surface area (Å²) < 4.78 is 6.41. The van der Waals surface area contributed by atoms with Gasteiger partial charge in [-0.1, -0.05) is 145 Å². The minimum absolute atomic E-state index is 0.0881. The number of phenols is 1. The molecule has 0 unspecified atom stereocenters. The summed E-state index contributed by atoms with van der Waals surface area (Å²) >= 11 is 0. The van der Waals surface area contributed by atoms with Crippen molar-refractivity contribution in [1.29, 1.82) is 0 Å². The van der Waals surface area contributed by atoms with Crippen LogP contribution in [-0.2, 0) is 10.8 Å². The molecule has 7 aromatic carbocycles. The molecule has 8 aromatic rings. The monoisotopic (exact) mass is 678 g/mol. The fourth-order valence-corrected chi connectivity index (χ4v) is 7.09. The number of fused-ring (bicyclic) bond motifs is 4. The molecule has 0 radical (unpaired) electrons. The molecule has 256 valence electrons. The van der Waals surface area contributed by atoms with Gasteiger partial charge in [-0.25, -0.2) is 4.98 Å². The van der Waals surface area contributed by atoms with Crippen molar-refractivity contribution in [3.63, 3.8) is 0 Å². The quantitative estimate of drug-likeness (QED) is 0.146. The summed E-state index contributed by atoms with van der Waals surface area (Å²) in [5, 5.41) is 16.4. The molecule has 0 amide bonds. The summed E-state index contributed by atoms with van der Waals surface area (Å²) in [6.07, 6.45) is 1.76. The SMILES string of the molecule is CC(C)(C)c1cc(C=Nc2ccccc2-c2nc3c(-c4ccc(-c5cc6ccccc6c6ccccc56)cc4)cccc3o2)c(O)c(C(C)(C)C)c1. The van der Waals surface area contributed by atoms with Crippen molar-refractivity contribution in [2.24, 2.45) is 4.99 Å². The van der Waals surface area contributed by atoms with E-state index in [0.717, 1.165) is 33.3 Å². The highest BCUT2D eigenvalue weighted by atomic mass is 16.3. The summed E-state index contributed by atoms with van der Waals surface area (Å²) in [6.45, 7) is 12.9. The number of hydrogen-bond donors (Lipinski definition) is 1. The van der Waals surface area contributed by atoms with E-state index in [2.05, 4.69) is 133 Å². The van der Waals surface area contributed by atoms with Crippen LogP contribution in [0.15, 0.2) is 143 Å². The lowest BCUT2D eigenvalue weighted by atomic mass is 9.79. The summed E-state index contributed by atoms with van der Waals surface area (Å²) in [6, 6.07) is 46.3. The molecule has 4 nitrogen and oxygen atoms in total. The Morgan fingerprint density at radius 3 is 1.96 bits per heavy atom. The number of aromatic nitrogens is 1. The van der Waals surface area contributed by atoms with Gasteiger partial charge in [0.2, 0.25) is 5.89 Å². The van der Waals surface area contributed by atoms with Gasteiger partial charge in [0.25, 0.3) is 0 Å². The predicted molar refractivity (Wildman–Crippen MR) is 218 cm³/mol. The Morgan fingerprint density at radius 2 is 1.23 bits per heavy atom. The van der Waals surface area contributed by atoms with Gasteiger partial charge in [-0.15, -0.1) is 0 Å². The van der Waals surface area contributed by atoms with Crippen LogP contribution in [0.25, 0.3) is 66.4 Å². The van der Waals surface area contributed by atoms with Gasteiger partial charge in [-0.3, -0.25) is 4.99 Å². The van der Waals surface area contributed by atoms with Crippen molar-refractivity contribution in [3.05, 3.63) is 150 Å². The lowest BCUT2D eigenvalue weighted by molar-refractivity contribution is 0.444. The number of phenolic OH excluding ortho intramolecular Hbond substituents is 1. The van der Waals surface area contributed by atoms with Gasteiger partial charge < -0.3 is 9.52 Å². The Labute approximate surface area is 305 Å². The molecule has 0 aliphatic rings. The third-order valence-electron chi connectivity index (χ3n) is 9.98. The van der Waals surface area contributed by atoms with Crippen molar-refractivity contribution in [2.45, 2.75) is 52.4 Å². The van der Waals surface area contributed by atoms with E-state index in [-0.39, 0.29) is 16.6 Å². The van der Waals surface area contributed by atoms with Gasteiger partial charge in [0.15, 0.2) is 5.58 Å². The number of oxazole rings is 1. The summed E-state index contributed by atoms with van der Waals surface area (Å²) in [4.78, 5) is 9.96. The standard InChI is InChI=1S/C48H42N2O2/c1-47(2,3)34-26-33(45(51)41(28-34)48(4,5)6)29-49-42-20-12-11-18-39(42)46-50-44-36(19-13-21-43(44)52-46)30-22-24-31(25-23-30)40-27-32-14-7-8-15-35(32)37-16-9-10-17-38(37)40/h7-29,51H,1-6H3. The normalized spacial score (nSPS) is 12.4. The van der Waals surface area contributed by atoms with Gasteiger partial charge in [0, 0.05) is 22.9 Å². The highest BCUT2D eigenvalue weighted by Gasteiger charge is 2.25.